The Morgan fingerprint density at radius 3 is 2.52 bits per heavy atom. The van der Waals surface area contributed by atoms with Crippen LogP contribution in [0.4, 0.5) is 8.78 Å². The molecule has 1 aromatic carbocycles. The summed E-state index contributed by atoms with van der Waals surface area (Å²) in [4.78, 5) is 22.8. The molecule has 0 bridgehead atoms. The van der Waals surface area contributed by atoms with Crippen molar-refractivity contribution in [3.05, 3.63) is 35.4 Å². The van der Waals surface area contributed by atoms with Crippen LogP contribution in [-0.4, -0.2) is 35.7 Å². The van der Waals surface area contributed by atoms with Crippen molar-refractivity contribution in [2.24, 2.45) is 0 Å². The largest absolute Gasteiger partial charge is 0.481 e. The van der Waals surface area contributed by atoms with Crippen LogP contribution in [0.3, 0.4) is 0 Å². The van der Waals surface area contributed by atoms with Gasteiger partial charge in [-0.05, 0) is 18.6 Å². The molecule has 2 rings (SSSR count). The van der Waals surface area contributed by atoms with Crippen molar-refractivity contribution in [2.45, 2.75) is 24.8 Å². The summed E-state index contributed by atoms with van der Waals surface area (Å²) in [5, 5.41) is 11.5. The van der Waals surface area contributed by atoms with Crippen molar-refractivity contribution in [2.75, 3.05) is 13.2 Å². The Balaban J connectivity index is 2.08. The van der Waals surface area contributed by atoms with Gasteiger partial charge in [0.25, 0.3) is 0 Å². The fraction of sp³-hybridized carbons (Fsp3) is 0.429. The maximum atomic E-state index is 13.5. The monoisotopic (exact) mass is 299 g/mol. The zero-order valence-corrected chi connectivity index (χ0v) is 11.2. The van der Waals surface area contributed by atoms with E-state index in [1.807, 2.05) is 0 Å². The van der Waals surface area contributed by atoms with E-state index in [-0.39, 0.29) is 18.6 Å². The first kappa shape index (κ1) is 15.4. The average molecular weight is 299 g/mol. The van der Waals surface area contributed by atoms with Crippen molar-refractivity contribution >= 4 is 11.9 Å². The van der Waals surface area contributed by atoms with Gasteiger partial charge in [-0.2, -0.15) is 0 Å². The number of carboxylic acids is 1. The van der Waals surface area contributed by atoms with E-state index in [0.29, 0.717) is 13.0 Å². The molecule has 1 saturated heterocycles. The molecule has 1 aliphatic rings. The molecule has 1 aliphatic heterocycles. The number of halogens is 2. The average Bonchev–Trinajstić information content (AvgIpc) is 2.81. The zero-order chi connectivity index (χ0) is 15.5. The van der Waals surface area contributed by atoms with Gasteiger partial charge in [0.1, 0.15) is 11.6 Å². The molecule has 0 spiro atoms. The van der Waals surface area contributed by atoms with Crippen LogP contribution in [0.5, 0.6) is 0 Å². The fourth-order valence-electron chi connectivity index (χ4n) is 2.38. The quantitative estimate of drug-likeness (QED) is 0.858. The molecule has 0 aliphatic carbocycles. The predicted octanol–water partition coefficient (Wildman–Crippen LogP) is 1.26. The highest BCUT2D eigenvalue weighted by molar-refractivity contribution is 5.80. The predicted molar refractivity (Wildman–Crippen MR) is 68.6 cm³/mol. The van der Waals surface area contributed by atoms with E-state index in [1.165, 1.54) is 6.07 Å². The van der Waals surface area contributed by atoms with Crippen molar-refractivity contribution in [3.8, 4) is 0 Å². The number of rotatable bonds is 5. The summed E-state index contributed by atoms with van der Waals surface area (Å²) in [7, 11) is 0. The molecular formula is C14H15F2NO4. The SMILES string of the molecule is O=C(O)CC1(NC(=O)Cc2c(F)cccc2F)CCOC1. The highest BCUT2D eigenvalue weighted by Crippen LogP contribution is 2.23. The Morgan fingerprint density at radius 2 is 2.00 bits per heavy atom. The summed E-state index contributed by atoms with van der Waals surface area (Å²) in [6.07, 6.45) is -0.427. The van der Waals surface area contributed by atoms with Crippen LogP contribution in [-0.2, 0) is 20.7 Å². The standard InChI is InChI=1S/C14H15F2NO4/c15-10-2-1-3-11(16)9(10)6-12(18)17-14(7-13(19)20)4-5-21-8-14/h1-3H,4-8H2,(H,17,18)(H,19,20). The number of carbonyl (C=O) groups excluding carboxylic acids is 1. The number of hydrogen-bond donors (Lipinski definition) is 2. The smallest absolute Gasteiger partial charge is 0.305 e. The van der Waals surface area contributed by atoms with Crippen molar-refractivity contribution in [1.82, 2.24) is 5.32 Å². The molecule has 114 valence electrons. The molecule has 7 heteroatoms. The number of benzene rings is 1. The van der Waals surface area contributed by atoms with Gasteiger partial charge in [-0.1, -0.05) is 6.07 Å². The third-order valence-electron chi connectivity index (χ3n) is 3.40. The number of aliphatic carboxylic acids is 1. The van der Waals surface area contributed by atoms with Crippen LogP contribution in [0.2, 0.25) is 0 Å². The maximum absolute atomic E-state index is 13.5. The van der Waals surface area contributed by atoms with E-state index >= 15 is 0 Å². The first-order chi connectivity index (χ1) is 9.92. The molecule has 1 amide bonds. The number of carbonyl (C=O) groups is 2. The summed E-state index contributed by atoms with van der Waals surface area (Å²) in [5.74, 6) is -3.32. The number of amides is 1. The summed E-state index contributed by atoms with van der Waals surface area (Å²) < 4.78 is 32.1. The van der Waals surface area contributed by atoms with E-state index in [9.17, 15) is 18.4 Å². The Bertz CT molecular complexity index is 536. The minimum Gasteiger partial charge on any atom is -0.481 e. The fourth-order valence-corrected chi connectivity index (χ4v) is 2.38. The van der Waals surface area contributed by atoms with Gasteiger partial charge in [0, 0.05) is 12.2 Å². The van der Waals surface area contributed by atoms with Crippen molar-refractivity contribution < 1.29 is 28.2 Å². The first-order valence-electron chi connectivity index (χ1n) is 6.45. The third kappa shape index (κ3) is 3.75. The maximum Gasteiger partial charge on any atom is 0.305 e. The molecule has 1 aromatic rings. The van der Waals surface area contributed by atoms with E-state index in [4.69, 9.17) is 9.84 Å². The van der Waals surface area contributed by atoms with E-state index < -0.39 is 35.5 Å². The van der Waals surface area contributed by atoms with Gasteiger partial charge in [0.15, 0.2) is 0 Å². The number of ether oxygens (including phenoxy) is 1. The summed E-state index contributed by atoms with van der Waals surface area (Å²) in [6, 6.07) is 3.34. The van der Waals surface area contributed by atoms with E-state index in [0.717, 1.165) is 12.1 Å². The second-order valence-corrected chi connectivity index (χ2v) is 5.08. The lowest BCUT2D eigenvalue weighted by molar-refractivity contribution is -0.139. The summed E-state index contributed by atoms with van der Waals surface area (Å²) in [5.41, 5.74) is -1.34. The molecule has 1 fully saturated rings. The van der Waals surface area contributed by atoms with Crippen LogP contribution >= 0.6 is 0 Å². The number of hydrogen-bond acceptors (Lipinski definition) is 3. The molecule has 0 aromatic heterocycles. The Labute approximate surface area is 119 Å². The number of carboxylic acid groups (broad SMARTS) is 1. The lowest BCUT2D eigenvalue weighted by Gasteiger charge is -2.27. The van der Waals surface area contributed by atoms with Crippen LogP contribution in [0, 0.1) is 11.6 Å². The first-order valence-corrected chi connectivity index (χ1v) is 6.45. The third-order valence-corrected chi connectivity index (χ3v) is 3.40. The molecule has 5 nitrogen and oxygen atoms in total. The normalized spacial score (nSPS) is 21.2. The molecule has 1 unspecified atom stereocenters. The summed E-state index contributed by atoms with van der Waals surface area (Å²) in [6.45, 7) is 0.409. The molecule has 2 N–H and O–H groups in total. The number of nitrogens with one attached hydrogen (secondary N) is 1. The van der Waals surface area contributed by atoms with Gasteiger partial charge in [0.2, 0.25) is 5.91 Å². The topological polar surface area (TPSA) is 75.6 Å². The molecule has 1 heterocycles. The highest BCUT2D eigenvalue weighted by Gasteiger charge is 2.38. The molecular weight excluding hydrogens is 284 g/mol. The van der Waals surface area contributed by atoms with Gasteiger partial charge >= 0.3 is 5.97 Å². The molecule has 0 radical (unpaired) electrons. The Kier molecular flexibility index (Phi) is 4.52. The molecule has 21 heavy (non-hydrogen) atoms. The van der Waals surface area contributed by atoms with Crippen molar-refractivity contribution in [1.29, 1.82) is 0 Å². The van der Waals surface area contributed by atoms with Gasteiger partial charge < -0.3 is 15.2 Å². The summed E-state index contributed by atoms with van der Waals surface area (Å²) >= 11 is 0. The van der Waals surface area contributed by atoms with Crippen molar-refractivity contribution in [3.63, 3.8) is 0 Å². The van der Waals surface area contributed by atoms with Crippen LogP contribution in [0.25, 0.3) is 0 Å². The highest BCUT2D eigenvalue weighted by atomic mass is 19.1. The van der Waals surface area contributed by atoms with Gasteiger partial charge in [-0.25, -0.2) is 8.78 Å². The van der Waals surface area contributed by atoms with Crippen LogP contribution in [0.15, 0.2) is 18.2 Å². The minimum absolute atomic E-state index is 0.0742. The lowest BCUT2D eigenvalue weighted by Crippen LogP contribution is -2.51. The second-order valence-electron chi connectivity index (χ2n) is 5.08. The van der Waals surface area contributed by atoms with Gasteiger partial charge in [0.05, 0.1) is 25.0 Å². The molecule has 1 atom stereocenters. The zero-order valence-electron chi connectivity index (χ0n) is 11.2. The van der Waals surface area contributed by atoms with E-state index in [2.05, 4.69) is 5.32 Å². The Hall–Kier alpha value is -2.02. The van der Waals surface area contributed by atoms with Crippen LogP contribution in [0.1, 0.15) is 18.4 Å². The Morgan fingerprint density at radius 1 is 1.33 bits per heavy atom. The molecule has 0 saturated carbocycles. The lowest BCUT2D eigenvalue weighted by atomic mass is 9.93. The van der Waals surface area contributed by atoms with E-state index in [1.54, 1.807) is 0 Å². The minimum atomic E-state index is -1.07. The van der Waals surface area contributed by atoms with Crippen LogP contribution < -0.4 is 5.32 Å². The van der Waals surface area contributed by atoms with Gasteiger partial charge in [-0.3, -0.25) is 9.59 Å². The second kappa shape index (κ2) is 6.17. The van der Waals surface area contributed by atoms with Gasteiger partial charge in [-0.15, -0.1) is 0 Å².